The third-order valence-corrected chi connectivity index (χ3v) is 4.46. The van der Waals surface area contributed by atoms with Crippen LogP contribution in [0.25, 0.3) is 0 Å². The number of hydrogen-bond acceptors (Lipinski definition) is 4. The van der Waals surface area contributed by atoms with Gasteiger partial charge in [0.15, 0.2) is 0 Å². The molecule has 4 nitrogen and oxygen atoms in total. The van der Waals surface area contributed by atoms with Gasteiger partial charge in [0.1, 0.15) is 6.04 Å². The number of carboxylic acids is 1. The molecule has 2 rings (SSSR count). The number of halogens is 1. The summed E-state index contributed by atoms with van der Waals surface area (Å²) in [7, 11) is 0. The van der Waals surface area contributed by atoms with Crippen molar-refractivity contribution in [3.05, 3.63) is 28.2 Å². The largest absolute Gasteiger partial charge is 0.480 e. The summed E-state index contributed by atoms with van der Waals surface area (Å²) in [5.41, 5.74) is 1.39. The van der Waals surface area contributed by atoms with Gasteiger partial charge in [0.2, 0.25) is 0 Å². The number of nitriles is 1. The standard InChI is InChI=1S/C12H11BrN2O2S/c13-9-5-8(6-14)1-2-10(9)15-3-4-18-7-11(15)12(16)17/h1-2,5,11H,3-4,7H2,(H,16,17). The summed E-state index contributed by atoms with van der Waals surface area (Å²) in [6.07, 6.45) is 0. The number of rotatable bonds is 2. The smallest absolute Gasteiger partial charge is 0.327 e. The van der Waals surface area contributed by atoms with E-state index in [9.17, 15) is 9.90 Å². The summed E-state index contributed by atoms with van der Waals surface area (Å²) in [5, 5.41) is 18.1. The lowest BCUT2D eigenvalue weighted by Crippen LogP contribution is -2.47. The second kappa shape index (κ2) is 5.63. The monoisotopic (exact) mass is 326 g/mol. The fourth-order valence-electron chi connectivity index (χ4n) is 1.91. The number of carboxylic acid groups (broad SMARTS) is 1. The van der Waals surface area contributed by atoms with Crippen molar-refractivity contribution in [2.45, 2.75) is 6.04 Å². The van der Waals surface area contributed by atoms with E-state index in [0.29, 0.717) is 17.9 Å². The molecule has 1 aliphatic rings. The zero-order valence-corrected chi connectivity index (χ0v) is 11.9. The normalized spacial score (nSPS) is 19.3. The molecule has 0 aromatic heterocycles. The molecule has 1 fully saturated rings. The van der Waals surface area contributed by atoms with Gasteiger partial charge in [0.05, 0.1) is 17.3 Å². The van der Waals surface area contributed by atoms with Gasteiger partial charge in [-0.15, -0.1) is 0 Å². The Balaban J connectivity index is 2.34. The highest BCUT2D eigenvalue weighted by Crippen LogP contribution is 2.31. The molecule has 1 atom stereocenters. The zero-order valence-electron chi connectivity index (χ0n) is 9.47. The van der Waals surface area contributed by atoms with E-state index in [1.807, 2.05) is 4.90 Å². The van der Waals surface area contributed by atoms with Crippen LogP contribution in [0.5, 0.6) is 0 Å². The fraction of sp³-hybridized carbons (Fsp3) is 0.333. The van der Waals surface area contributed by atoms with Crippen LogP contribution in [0.15, 0.2) is 22.7 Å². The average Bonchev–Trinajstić information content (AvgIpc) is 2.38. The van der Waals surface area contributed by atoms with Crippen LogP contribution in [0.1, 0.15) is 5.56 Å². The lowest BCUT2D eigenvalue weighted by molar-refractivity contribution is -0.138. The second-order valence-corrected chi connectivity index (χ2v) is 5.90. The summed E-state index contributed by atoms with van der Waals surface area (Å²) in [5.74, 6) is 0.691. The predicted molar refractivity (Wildman–Crippen MR) is 75.0 cm³/mol. The van der Waals surface area contributed by atoms with Crippen molar-refractivity contribution in [3.63, 3.8) is 0 Å². The van der Waals surface area contributed by atoms with E-state index in [1.165, 1.54) is 0 Å². The van der Waals surface area contributed by atoms with Gasteiger partial charge in [-0.05, 0) is 34.1 Å². The van der Waals surface area contributed by atoms with Gasteiger partial charge < -0.3 is 10.0 Å². The maximum absolute atomic E-state index is 11.2. The van der Waals surface area contributed by atoms with Crippen molar-refractivity contribution in [3.8, 4) is 6.07 Å². The third kappa shape index (κ3) is 2.62. The van der Waals surface area contributed by atoms with Crippen molar-refractivity contribution >= 4 is 39.3 Å². The van der Waals surface area contributed by atoms with Crippen molar-refractivity contribution < 1.29 is 9.90 Å². The summed E-state index contributed by atoms with van der Waals surface area (Å²) in [4.78, 5) is 13.1. The zero-order chi connectivity index (χ0) is 13.1. The molecule has 1 heterocycles. The minimum Gasteiger partial charge on any atom is -0.480 e. The van der Waals surface area contributed by atoms with Crippen molar-refractivity contribution in [1.29, 1.82) is 5.26 Å². The van der Waals surface area contributed by atoms with Crippen molar-refractivity contribution in [2.24, 2.45) is 0 Å². The van der Waals surface area contributed by atoms with Crippen molar-refractivity contribution in [1.82, 2.24) is 0 Å². The molecule has 6 heteroatoms. The van der Waals surface area contributed by atoms with Crippen LogP contribution < -0.4 is 4.90 Å². The van der Waals surface area contributed by atoms with Crippen LogP contribution in [0.4, 0.5) is 5.69 Å². The number of carbonyl (C=O) groups is 1. The molecule has 0 saturated carbocycles. The Bertz CT molecular complexity index is 515. The molecule has 1 N–H and O–H groups in total. The molecule has 18 heavy (non-hydrogen) atoms. The number of benzene rings is 1. The van der Waals surface area contributed by atoms with Gasteiger partial charge in [-0.25, -0.2) is 4.79 Å². The minimum absolute atomic E-state index is 0.506. The molecular weight excluding hydrogens is 316 g/mol. The SMILES string of the molecule is N#Cc1ccc(N2CCSCC2C(=O)O)c(Br)c1. The summed E-state index contributed by atoms with van der Waals surface area (Å²) in [6, 6.07) is 6.78. The molecule has 0 spiro atoms. The molecule has 94 valence electrons. The van der Waals surface area contributed by atoms with Gasteiger partial charge in [-0.2, -0.15) is 17.0 Å². The minimum atomic E-state index is -0.807. The van der Waals surface area contributed by atoms with Crippen LogP contribution in [0.3, 0.4) is 0 Å². The molecule has 0 aliphatic carbocycles. The first-order valence-corrected chi connectivity index (χ1v) is 7.35. The first kappa shape index (κ1) is 13.2. The summed E-state index contributed by atoms with van der Waals surface area (Å²) >= 11 is 5.06. The molecule has 1 aromatic rings. The van der Waals surface area contributed by atoms with Crippen LogP contribution >= 0.6 is 27.7 Å². The maximum atomic E-state index is 11.2. The van der Waals surface area contributed by atoms with E-state index in [2.05, 4.69) is 22.0 Å². The van der Waals surface area contributed by atoms with E-state index in [-0.39, 0.29) is 0 Å². The molecule has 1 unspecified atom stereocenters. The molecule has 1 saturated heterocycles. The maximum Gasteiger partial charge on any atom is 0.327 e. The van der Waals surface area contributed by atoms with E-state index in [4.69, 9.17) is 5.26 Å². The van der Waals surface area contributed by atoms with Gasteiger partial charge >= 0.3 is 5.97 Å². The quantitative estimate of drug-likeness (QED) is 0.903. The molecule has 0 amide bonds. The third-order valence-electron chi connectivity index (χ3n) is 2.80. The van der Waals surface area contributed by atoms with Crippen LogP contribution in [-0.2, 0) is 4.79 Å². The number of hydrogen-bond donors (Lipinski definition) is 1. The Morgan fingerprint density at radius 3 is 3.00 bits per heavy atom. The Labute approximate surface area is 118 Å². The van der Waals surface area contributed by atoms with Crippen LogP contribution in [-0.4, -0.2) is 35.2 Å². The first-order chi connectivity index (χ1) is 8.63. The predicted octanol–water partition coefficient (Wildman–Crippen LogP) is 2.33. The fourth-order valence-corrected chi connectivity index (χ4v) is 3.55. The highest BCUT2D eigenvalue weighted by atomic mass is 79.9. The van der Waals surface area contributed by atoms with Crippen LogP contribution in [0.2, 0.25) is 0 Å². The highest BCUT2D eigenvalue weighted by Gasteiger charge is 2.30. The Kier molecular flexibility index (Phi) is 4.15. The summed E-state index contributed by atoms with van der Waals surface area (Å²) < 4.78 is 0.764. The average molecular weight is 327 g/mol. The molecule has 0 radical (unpaired) electrons. The topological polar surface area (TPSA) is 64.3 Å². The lowest BCUT2D eigenvalue weighted by atomic mass is 10.1. The Morgan fingerprint density at radius 2 is 2.39 bits per heavy atom. The van der Waals surface area contributed by atoms with E-state index < -0.39 is 12.0 Å². The first-order valence-electron chi connectivity index (χ1n) is 5.40. The molecule has 1 aromatic carbocycles. The van der Waals surface area contributed by atoms with E-state index in [0.717, 1.165) is 15.9 Å². The second-order valence-electron chi connectivity index (χ2n) is 3.90. The molecular formula is C12H11BrN2O2S. The summed E-state index contributed by atoms with van der Waals surface area (Å²) in [6.45, 7) is 0.701. The molecule has 0 bridgehead atoms. The van der Waals surface area contributed by atoms with E-state index >= 15 is 0 Å². The highest BCUT2D eigenvalue weighted by molar-refractivity contribution is 9.10. The van der Waals surface area contributed by atoms with Gasteiger partial charge in [-0.1, -0.05) is 0 Å². The number of nitrogens with zero attached hydrogens (tertiary/aromatic N) is 2. The van der Waals surface area contributed by atoms with Gasteiger partial charge in [0.25, 0.3) is 0 Å². The van der Waals surface area contributed by atoms with Gasteiger partial charge in [0, 0.05) is 22.5 Å². The molecule has 1 aliphatic heterocycles. The van der Waals surface area contributed by atoms with Crippen molar-refractivity contribution in [2.75, 3.05) is 23.0 Å². The van der Waals surface area contributed by atoms with E-state index in [1.54, 1.807) is 30.0 Å². The number of thioether (sulfide) groups is 1. The van der Waals surface area contributed by atoms with Crippen LogP contribution in [0, 0.1) is 11.3 Å². The Morgan fingerprint density at radius 1 is 1.61 bits per heavy atom. The number of anilines is 1. The van der Waals surface area contributed by atoms with Gasteiger partial charge in [-0.3, -0.25) is 0 Å². The Hall–Kier alpha value is -1.19. The number of aliphatic carboxylic acids is 1. The lowest BCUT2D eigenvalue weighted by Gasteiger charge is -2.35.